The van der Waals surface area contributed by atoms with Crippen LogP contribution in [0.3, 0.4) is 0 Å². The van der Waals surface area contributed by atoms with E-state index in [9.17, 15) is 20.1 Å². The van der Waals surface area contributed by atoms with Crippen molar-refractivity contribution in [2.24, 2.45) is 28.6 Å². The molecule has 8 rings (SSSR count). The molecule has 2 aliphatic heterocycles. The normalized spacial score (nSPS) is 40.1. The van der Waals surface area contributed by atoms with Gasteiger partial charge in [-0.1, -0.05) is 51.2 Å². The number of aliphatic hydroxyl groups excluding tert-OH is 3. The molecule has 7 heteroatoms. The maximum Gasteiger partial charge on any atom is 0.246 e. The Morgan fingerprint density at radius 3 is 2.39 bits per heavy atom. The number of hydrogen-bond acceptors (Lipinski definition) is 5. The van der Waals surface area contributed by atoms with Crippen LogP contribution in [0.4, 0.5) is 0 Å². The van der Waals surface area contributed by atoms with Gasteiger partial charge in [-0.05, 0) is 125 Å². The fourth-order valence-electron chi connectivity index (χ4n) is 13.0. The lowest BCUT2D eigenvalue weighted by atomic mass is 9.40. The minimum atomic E-state index is -0.820. The number of nitrogens with one attached hydrogen (secondary N) is 1. The van der Waals surface area contributed by atoms with Crippen molar-refractivity contribution < 1.29 is 24.9 Å². The number of hydrogen-bond donors (Lipinski definition) is 4. The highest BCUT2D eigenvalue weighted by molar-refractivity contribution is 5.98. The molecule has 0 saturated heterocycles. The highest BCUT2D eigenvalue weighted by Crippen LogP contribution is 2.72. The molecule has 2 saturated carbocycles. The topological polar surface area (TPSA) is 104 Å². The molecule has 0 spiro atoms. The van der Waals surface area contributed by atoms with Crippen molar-refractivity contribution in [2.45, 2.75) is 135 Å². The Bertz CT molecular complexity index is 1990. The number of rotatable bonds is 4. The summed E-state index contributed by atoms with van der Waals surface area (Å²) in [5, 5.41) is 40.3. The third-order valence-corrected chi connectivity index (χ3v) is 15.2. The number of benzene rings is 1. The van der Waals surface area contributed by atoms with E-state index in [-0.39, 0.29) is 34.6 Å². The minimum absolute atomic E-state index is 0.105. The number of nitrogens with zero attached hydrogens (tertiary/aromatic N) is 1. The minimum Gasteiger partial charge on any atom is -0.392 e. The quantitative estimate of drug-likeness (QED) is 0.149. The number of allylic oxidation sites excluding steroid dienone is 2. The predicted octanol–water partition coefficient (Wildman–Crippen LogP) is 7.70. The van der Waals surface area contributed by atoms with E-state index >= 15 is 0 Å². The zero-order valence-electron chi connectivity index (χ0n) is 32.3. The number of carbonyl (C=O) groups excluding carboxylic acids is 1. The lowest BCUT2D eigenvalue weighted by Gasteiger charge is -2.64. The molecule has 4 aliphatic carbocycles. The molecule has 2 fully saturated rings. The van der Waals surface area contributed by atoms with E-state index < -0.39 is 34.9 Å². The van der Waals surface area contributed by atoms with E-state index in [0.29, 0.717) is 17.9 Å². The Kier molecular flexibility index (Phi) is 7.43. The number of amides is 1. The van der Waals surface area contributed by atoms with Crippen LogP contribution in [0.25, 0.3) is 16.5 Å². The largest absolute Gasteiger partial charge is 0.392 e. The molecule has 3 heterocycles. The van der Waals surface area contributed by atoms with Gasteiger partial charge in [0.2, 0.25) is 5.91 Å². The van der Waals surface area contributed by atoms with Gasteiger partial charge >= 0.3 is 0 Å². The van der Waals surface area contributed by atoms with Crippen LogP contribution in [-0.4, -0.2) is 50.1 Å². The van der Waals surface area contributed by atoms with Crippen LogP contribution >= 0.6 is 0 Å². The summed E-state index contributed by atoms with van der Waals surface area (Å²) in [5.41, 5.74) is 7.30. The van der Waals surface area contributed by atoms with E-state index in [2.05, 4.69) is 83.1 Å². The van der Waals surface area contributed by atoms with Gasteiger partial charge < -0.3 is 29.9 Å². The number of aromatic nitrogens is 1. The van der Waals surface area contributed by atoms with Crippen LogP contribution in [0.2, 0.25) is 0 Å². The molecule has 10 atom stereocenters. The monoisotopic (exact) mass is 694 g/mol. The van der Waals surface area contributed by atoms with E-state index in [1.54, 1.807) is 7.05 Å². The highest BCUT2D eigenvalue weighted by Gasteiger charge is 2.67. The van der Waals surface area contributed by atoms with Gasteiger partial charge in [-0.25, -0.2) is 0 Å². The van der Waals surface area contributed by atoms with Gasteiger partial charge in [0, 0.05) is 46.0 Å². The van der Waals surface area contributed by atoms with Crippen molar-refractivity contribution in [1.82, 2.24) is 9.88 Å². The fraction of sp³-hybridized carbons (Fsp3) is 0.614. The van der Waals surface area contributed by atoms with Gasteiger partial charge in [0.25, 0.3) is 0 Å². The van der Waals surface area contributed by atoms with E-state index in [1.165, 1.54) is 16.6 Å². The summed E-state index contributed by atoms with van der Waals surface area (Å²) in [6.07, 6.45) is 10.8. The van der Waals surface area contributed by atoms with E-state index in [4.69, 9.17) is 4.74 Å². The summed E-state index contributed by atoms with van der Waals surface area (Å²) in [7, 11) is 1.64. The van der Waals surface area contributed by atoms with Crippen molar-refractivity contribution in [3.8, 4) is 0 Å². The van der Waals surface area contributed by atoms with Gasteiger partial charge in [0.15, 0.2) is 0 Å². The zero-order chi connectivity index (χ0) is 37.0. The first-order valence-corrected chi connectivity index (χ1v) is 19.2. The molecule has 1 aromatic carbocycles. The number of aliphatic hydroxyl groups is 3. The third-order valence-electron chi connectivity index (χ3n) is 15.2. The lowest BCUT2D eigenvalue weighted by Crippen LogP contribution is -2.62. The predicted molar refractivity (Wildman–Crippen MR) is 202 cm³/mol. The van der Waals surface area contributed by atoms with Gasteiger partial charge in [-0.15, -0.1) is 0 Å². The third kappa shape index (κ3) is 4.29. The second kappa shape index (κ2) is 10.8. The standard InChI is InChI=1S/C44H58N2O5/c1-22(2)34-37(49)32-31-25(28-21-40(4,5)51-41(6,7)33(28)36(31)48)20-26-27-19-24-14-15-29-42(8,17-12-13-23(3)39(50)45-11)30(47)16-18-43(29,9)44(24,10)38(27)46(34)35(26)32/h12-13,17,20-21,24,29-30,33-34,36-37,47-49H,1,14-16,18-19H2,2-11H3,(H,45,50)/b17-12+,23-13+/t24-,29-,30-,33+,34-,36+,37-,42-,43-,44+/m0/s1. The molecule has 4 N–H and O–H groups in total. The molecule has 0 bridgehead atoms. The van der Waals surface area contributed by atoms with Gasteiger partial charge in [-0.2, -0.15) is 0 Å². The number of ether oxygens (including phenoxy) is 1. The molecule has 1 amide bonds. The Morgan fingerprint density at radius 2 is 1.73 bits per heavy atom. The Morgan fingerprint density at radius 1 is 1.02 bits per heavy atom. The molecule has 7 nitrogen and oxygen atoms in total. The summed E-state index contributed by atoms with van der Waals surface area (Å²) in [6.45, 7) is 23.8. The van der Waals surface area contributed by atoms with Crippen LogP contribution in [0.15, 0.2) is 48.1 Å². The van der Waals surface area contributed by atoms with Crippen molar-refractivity contribution in [3.63, 3.8) is 0 Å². The average Bonchev–Trinajstić information content (AvgIpc) is 3.71. The summed E-state index contributed by atoms with van der Waals surface area (Å²) in [4.78, 5) is 12.2. The molecule has 0 unspecified atom stereocenters. The maximum atomic E-state index is 12.4. The van der Waals surface area contributed by atoms with Gasteiger partial charge in [0.1, 0.15) is 6.10 Å². The Balaban J connectivity index is 1.34. The van der Waals surface area contributed by atoms with Crippen molar-refractivity contribution >= 4 is 22.4 Å². The Labute approximate surface area is 303 Å². The Hall–Kier alpha value is -2.97. The van der Waals surface area contributed by atoms with E-state index in [1.807, 2.05) is 26.0 Å². The average molecular weight is 695 g/mol. The van der Waals surface area contributed by atoms with E-state index in [0.717, 1.165) is 59.0 Å². The number of carbonyl (C=O) groups is 1. The summed E-state index contributed by atoms with van der Waals surface area (Å²) in [6, 6.07) is 2.02. The van der Waals surface area contributed by atoms with Gasteiger partial charge in [-0.3, -0.25) is 4.79 Å². The first-order valence-electron chi connectivity index (χ1n) is 19.2. The van der Waals surface area contributed by atoms with Crippen LogP contribution in [-0.2, 0) is 21.4 Å². The number of fused-ring (bicyclic) bond motifs is 11. The SMILES string of the molecule is C=C(C)[C@H]1[C@@H](O)c2c3c(cc4c5c(n1c24)[C@@]1(C)[C@@H](CC[C@H]2[C@](C)(/C=C/C=C(\C)C(=O)NC)[C@@H](O)CC[C@@]21C)C5)C1=CC(C)(C)OC(C)(C)[C@H]1[C@@H]3O. The smallest absolute Gasteiger partial charge is 0.246 e. The molecule has 6 aliphatic rings. The van der Waals surface area contributed by atoms with Crippen LogP contribution < -0.4 is 5.32 Å². The van der Waals surface area contributed by atoms with Crippen molar-refractivity contribution in [1.29, 1.82) is 0 Å². The highest BCUT2D eigenvalue weighted by atomic mass is 16.5. The maximum absolute atomic E-state index is 12.4. The van der Waals surface area contributed by atoms with Gasteiger partial charge in [0.05, 0.1) is 35.0 Å². The molecule has 1 aromatic heterocycles. The van der Waals surface area contributed by atoms with Crippen molar-refractivity contribution in [2.75, 3.05) is 7.05 Å². The molecule has 274 valence electrons. The molecule has 51 heavy (non-hydrogen) atoms. The van der Waals surface area contributed by atoms with Crippen LogP contribution in [0.1, 0.15) is 134 Å². The molecular weight excluding hydrogens is 636 g/mol. The van der Waals surface area contributed by atoms with Crippen molar-refractivity contribution in [3.05, 3.63) is 76.0 Å². The molecule has 2 aromatic rings. The first kappa shape index (κ1) is 35.1. The zero-order valence-corrected chi connectivity index (χ0v) is 32.3. The van der Waals surface area contributed by atoms with Crippen LogP contribution in [0, 0.1) is 28.6 Å². The molecule has 0 radical (unpaired) electrons. The summed E-state index contributed by atoms with van der Waals surface area (Å²) >= 11 is 0. The number of likely N-dealkylation sites (N-methyl/N-ethyl adjacent to an activating group) is 1. The second-order valence-corrected chi connectivity index (χ2v) is 18.8. The second-order valence-electron chi connectivity index (χ2n) is 18.8. The first-order chi connectivity index (χ1) is 23.7. The fourth-order valence-corrected chi connectivity index (χ4v) is 13.0. The summed E-state index contributed by atoms with van der Waals surface area (Å²) < 4.78 is 9.02. The summed E-state index contributed by atoms with van der Waals surface area (Å²) in [5.74, 6) is 0.298. The lowest BCUT2D eigenvalue weighted by molar-refractivity contribution is -0.145. The van der Waals surface area contributed by atoms with Crippen LogP contribution in [0.5, 0.6) is 0 Å². The molecular formula is C44H58N2O5.